The quantitative estimate of drug-likeness (QED) is 0.442. The molecule has 2 aromatic heterocycles. The second-order valence-electron chi connectivity index (χ2n) is 7.18. The maximum Gasteiger partial charge on any atom is 0.238 e. The van der Waals surface area contributed by atoms with Crippen LogP contribution in [-0.4, -0.2) is 22.8 Å². The Hall–Kier alpha value is -3.75. The summed E-state index contributed by atoms with van der Waals surface area (Å²) < 4.78 is 24.8. The van der Waals surface area contributed by atoms with Gasteiger partial charge in [0.2, 0.25) is 10.0 Å². The van der Waals surface area contributed by atoms with Gasteiger partial charge in [-0.3, -0.25) is 4.40 Å². The Morgan fingerprint density at radius 2 is 1.71 bits per heavy atom. The van der Waals surface area contributed by atoms with Crippen molar-refractivity contribution in [3.63, 3.8) is 0 Å². The first kappa shape index (κ1) is 19.2. The van der Waals surface area contributed by atoms with Crippen LogP contribution < -0.4 is 10.5 Å². The molecule has 31 heavy (non-hydrogen) atoms. The van der Waals surface area contributed by atoms with Gasteiger partial charge in [0.05, 0.1) is 16.8 Å². The Morgan fingerprint density at radius 1 is 0.935 bits per heavy atom. The Balaban J connectivity index is 1.47. The van der Waals surface area contributed by atoms with Crippen molar-refractivity contribution in [2.75, 3.05) is 5.32 Å². The molecular weight excluding hydrogens is 410 g/mol. The summed E-state index contributed by atoms with van der Waals surface area (Å²) in [7, 11) is -3.70. The topological polar surface area (TPSA) is 102 Å². The van der Waals surface area contributed by atoms with Crippen LogP contribution in [0, 0.1) is 0 Å². The lowest BCUT2D eigenvalue weighted by atomic mass is 10.0. The van der Waals surface area contributed by atoms with Gasteiger partial charge in [0.15, 0.2) is 11.5 Å². The van der Waals surface area contributed by atoms with Crippen LogP contribution in [0.4, 0.5) is 5.82 Å². The third kappa shape index (κ3) is 3.63. The molecule has 154 valence electrons. The first-order valence-corrected chi connectivity index (χ1v) is 11.2. The van der Waals surface area contributed by atoms with Gasteiger partial charge in [-0.05, 0) is 28.5 Å². The molecule has 0 saturated carbocycles. The van der Waals surface area contributed by atoms with Crippen LogP contribution in [0.15, 0.2) is 90.2 Å². The molecule has 0 spiro atoms. The molecule has 0 saturated heterocycles. The van der Waals surface area contributed by atoms with Crippen molar-refractivity contribution in [2.45, 2.75) is 11.4 Å². The van der Waals surface area contributed by atoms with E-state index in [0.717, 1.165) is 22.2 Å². The summed E-state index contributed by atoms with van der Waals surface area (Å²) >= 11 is 0. The molecule has 5 aromatic rings. The second-order valence-corrected chi connectivity index (χ2v) is 8.74. The maximum atomic E-state index is 11.4. The van der Waals surface area contributed by atoms with Crippen molar-refractivity contribution in [2.24, 2.45) is 5.14 Å². The number of imidazole rings is 1. The summed E-state index contributed by atoms with van der Waals surface area (Å²) in [4.78, 5) is 9.13. The Kier molecular flexibility index (Phi) is 4.65. The highest BCUT2D eigenvalue weighted by atomic mass is 32.2. The molecule has 7 nitrogen and oxygen atoms in total. The van der Waals surface area contributed by atoms with Crippen LogP contribution in [0.25, 0.3) is 27.7 Å². The van der Waals surface area contributed by atoms with Crippen LogP contribution in [0.3, 0.4) is 0 Å². The summed E-state index contributed by atoms with van der Waals surface area (Å²) in [5.74, 6) is 0.643. The zero-order chi connectivity index (χ0) is 21.4. The molecule has 3 aromatic carbocycles. The number of sulfonamides is 1. The minimum absolute atomic E-state index is 0.0875. The SMILES string of the molecule is NS(=O)(=O)c1ccc(CNc2nccn3c(-c4cccc5ccccc45)cnc23)cc1. The molecule has 0 bridgehead atoms. The largest absolute Gasteiger partial charge is 0.363 e. The van der Waals surface area contributed by atoms with Crippen molar-refractivity contribution < 1.29 is 8.42 Å². The number of primary sulfonamides is 1. The lowest BCUT2D eigenvalue weighted by molar-refractivity contribution is 0.598. The molecular formula is C23H19N5O2S. The Bertz CT molecular complexity index is 1500. The molecule has 0 amide bonds. The van der Waals surface area contributed by atoms with Crippen LogP contribution in [0.5, 0.6) is 0 Å². The molecule has 0 atom stereocenters. The molecule has 8 heteroatoms. The number of hydrogen-bond donors (Lipinski definition) is 2. The van der Waals surface area contributed by atoms with Gasteiger partial charge in [0.25, 0.3) is 0 Å². The number of nitrogens with one attached hydrogen (secondary N) is 1. The Morgan fingerprint density at radius 3 is 2.52 bits per heavy atom. The highest BCUT2D eigenvalue weighted by Crippen LogP contribution is 2.30. The Labute approximate surface area is 179 Å². The lowest BCUT2D eigenvalue weighted by Crippen LogP contribution is -2.12. The van der Waals surface area contributed by atoms with Crippen LogP contribution >= 0.6 is 0 Å². The van der Waals surface area contributed by atoms with E-state index >= 15 is 0 Å². The van der Waals surface area contributed by atoms with Crippen molar-refractivity contribution >= 4 is 32.3 Å². The predicted octanol–water partition coefficient (Wildman–Crippen LogP) is 3.81. The maximum absolute atomic E-state index is 11.4. The van der Waals surface area contributed by atoms with E-state index in [0.29, 0.717) is 18.0 Å². The van der Waals surface area contributed by atoms with Crippen LogP contribution in [0.2, 0.25) is 0 Å². The van der Waals surface area contributed by atoms with E-state index in [2.05, 4.69) is 39.6 Å². The third-order valence-electron chi connectivity index (χ3n) is 5.21. The number of rotatable bonds is 5. The molecule has 0 aliphatic heterocycles. The highest BCUT2D eigenvalue weighted by Gasteiger charge is 2.13. The fraction of sp³-hybridized carbons (Fsp3) is 0.0435. The average Bonchev–Trinajstić information content (AvgIpc) is 3.21. The number of fused-ring (bicyclic) bond motifs is 2. The van der Waals surface area contributed by atoms with Gasteiger partial charge < -0.3 is 5.32 Å². The predicted molar refractivity (Wildman–Crippen MR) is 121 cm³/mol. The number of benzene rings is 3. The number of hydrogen-bond acceptors (Lipinski definition) is 5. The molecule has 0 aliphatic rings. The van der Waals surface area contributed by atoms with E-state index in [-0.39, 0.29) is 4.90 Å². The second kappa shape index (κ2) is 7.50. The standard InChI is InChI=1S/C23H19N5O2S/c24-31(29,30)18-10-8-16(9-11-18)14-26-22-23-27-15-21(28(23)13-12-25-22)20-7-3-5-17-4-1-2-6-19(17)20/h1-13,15H,14H2,(H,25,26)(H2,24,29,30). The zero-order valence-electron chi connectivity index (χ0n) is 16.4. The van der Waals surface area contributed by atoms with Gasteiger partial charge in [-0.1, -0.05) is 54.6 Å². The first-order valence-electron chi connectivity index (χ1n) is 9.66. The first-order chi connectivity index (χ1) is 15.0. The van der Waals surface area contributed by atoms with E-state index in [1.54, 1.807) is 18.3 Å². The minimum Gasteiger partial charge on any atom is -0.363 e. The highest BCUT2D eigenvalue weighted by molar-refractivity contribution is 7.89. The van der Waals surface area contributed by atoms with Crippen LogP contribution in [0.1, 0.15) is 5.56 Å². The molecule has 0 unspecified atom stereocenters. The minimum atomic E-state index is -3.70. The third-order valence-corrected chi connectivity index (χ3v) is 6.13. The van der Waals surface area contributed by atoms with E-state index in [9.17, 15) is 8.42 Å². The van der Waals surface area contributed by atoms with Crippen molar-refractivity contribution in [3.8, 4) is 11.3 Å². The molecule has 2 heterocycles. The van der Waals surface area contributed by atoms with Crippen molar-refractivity contribution in [1.82, 2.24) is 14.4 Å². The number of aromatic nitrogens is 3. The molecule has 0 aliphatic carbocycles. The summed E-state index contributed by atoms with van der Waals surface area (Å²) in [5, 5.41) is 10.8. The normalized spacial score (nSPS) is 11.8. The van der Waals surface area contributed by atoms with Crippen molar-refractivity contribution in [1.29, 1.82) is 0 Å². The number of nitrogens with zero attached hydrogens (tertiary/aromatic N) is 3. The lowest BCUT2D eigenvalue weighted by Gasteiger charge is -2.09. The van der Waals surface area contributed by atoms with Crippen LogP contribution in [-0.2, 0) is 16.6 Å². The number of nitrogens with two attached hydrogens (primary N) is 1. The average molecular weight is 430 g/mol. The van der Waals surface area contributed by atoms with Crippen molar-refractivity contribution in [3.05, 3.63) is 90.9 Å². The van der Waals surface area contributed by atoms with Gasteiger partial charge in [0, 0.05) is 24.5 Å². The summed E-state index contributed by atoms with van der Waals surface area (Å²) in [5.41, 5.74) is 3.69. The smallest absolute Gasteiger partial charge is 0.238 e. The van der Waals surface area contributed by atoms with Gasteiger partial charge in [-0.2, -0.15) is 0 Å². The van der Waals surface area contributed by atoms with Gasteiger partial charge in [0.1, 0.15) is 0 Å². The van der Waals surface area contributed by atoms with E-state index < -0.39 is 10.0 Å². The summed E-state index contributed by atoms with van der Waals surface area (Å²) in [6.45, 7) is 0.466. The molecule has 3 N–H and O–H groups in total. The van der Waals surface area contributed by atoms with Gasteiger partial charge in [-0.15, -0.1) is 0 Å². The molecule has 0 radical (unpaired) electrons. The van der Waals surface area contributed by atoms with E-state index in [1.165, 1.54) is 17.5 Å². The van der Waals surface area contributed by atoms with E-state index in [1.807, 2.05) is 35.0 Å². The fourth-order valence-corrected chi connectivity index (χ4v) is 4.19. The molecule has 0 fully saturated rings. The monoisotopic (exact) mass is 429 g/mol. The fourth-order valence-electron chi connectivity index (χ4n) is 3.67. The summed E-state index contributed by atoms with van der Waals surface area (Å²) in [6, 6.07) is 20.9. The summed E-state index contributed by atoms with van der Waals surface area (Å²) in [6.07, 6.45) is 5.48. The van der Waals surface area contributed by atoms with E-state index in [4.69, 9.17) is 5.14 Å². The molecule has 5 rings (SSSR count). The number of anilines is 1. The van der Waals surface area contributed by atoms with Gasteiger partial charge in [-0.25, -0.2) is 23.5 Å². The van der Waals surface area contributed by atoms with Gasteiger partial charge >= 0.3 is 0 Å². The zero-order valence-corrected chi connectivity index (χ0v) is 17.3.